The quantitative estimate of drug-likeness (QED) is 0.734. The molecule has 3 aliphatic heterocycles. The number of benzene rings is 1. The zero-order chi connectivity index (χ0) is 22.0. The number of hydrogen-bond acceptors (Lipinski definition) is 4. The Hall–Kier alpha value is -2.41. The van der Waals surface area contributed by atoms with Crippen LogP contribution in [0.5, 0.6) is 0 Å². The number of nitrogens with one attached hydrogen (secondary N) is 1. The lowest BCUT2D eigenvalue weighted by Crippen LogP contribution is -2.56. The summed E-state index contributed by atoms with van der Waals surface area (Å²) in [4.78, 5) is 44.8. The number of amides is 4. The summed E-state index contributed by atoms with van der Waals surface area (Å²) in [5, 5.41) is 3.03. The van der Waals surface area contributed by atoms with Crippen LogP contribution in [0.2, 0.25) is 0 Å². The van der Waals surface area contributed by atoms with Gasteiger partial charge in [0.1, 0.15) is 5.54 Å². The second kappa shape index (κ2) is 8.99. The molecule has 168 valence electrons. The third-order valence-electron chi connectivity index (χ3n) is 7.16. The number of carbonyl (C=O) groups is 3. The van der Waals surface area contributed by atoms with Crippen molar-refractivity contribution in [1.29, 1.82) is 0 Å². The summed E-state index contributed by atoms with van der Waals surface area (Å²) in [6, 6.07) is 7.40. The molecular formula is C24H34N4O3. The Morgan fingerprint density at radius 2 is 1.90 bits per heavy atom. The summed E-state index contributed by atoms with van der Waals surface area (Å²) in [5.41, 5.74) is 1.38. The molecule has 1 aromatic rings. The van der Waals surface area contributed by atoms with Gasteiger partial charge in [0.05, 0.1) is 12.5 Å². The van der Waals surface area contributed by atoms with E-state index in [4.69, 9.17) is 0 Å². The van der Waals surface area contributed by atoms with Crippen molar-refractivity contribution in [3.8, 4) is 0 Å². The summed E-state index contributed by atoms with van der Waals surface area (Å²) in [6.45, 7) is 7.98. The average Bonchev–Trinajstić information content (AvgIpc) is 3.01. The van der Waals surface area contributed by atoms with E-state index in [1.807, 2.05) is 36.1 Å². The molecule has 1 N–H and O–H groups in total. The van der Waals surface area contributed by atoms with Crippen molar-refractivity contribution in [1.82, 2.24) is 20.0 Å². The lowest BCUT2D eigenvalue weighted by molar-refractivity contribution is -0.138. The van der Waals surface area contributed by atoms with Crippen LogP contribution < -0.4 is 5.32 Å². The van der Waals surface area contributed by atoms with Gasteiger partial charge in [-0.05, 0) is 56.7 Å². The first-order valence-electron chi connectivity index (χ1n) is 11.6. The van der Waals surface area contributed by atoms with Crippen molar-refractivity contribution in [2.24, 2.45) is 0 Å². The Bertz CT molecular complexity index is 847. The molecule has 1 aromatic carbocycles. The van der Waals surface area contributed by atoms with Crippen LogP contribution in [0.25, 0.3) is 0 Å². The van der Waals surface area contributed by atoms with Crippen LogP contribution in [0, 0.1) is 6.92 Å². The van der Waals surface area contributed by atoms with Crippen molar-refractivity contribution in [3.05, 3.63) is 35.4 Å². The fraction of sp³-hybridized carbons (Fsp3) is 0.625. The molecule has 3 fully saturated rings. The Morgan fingerprint density at radius 1 is 1.16 bits per heavy atom. The molecule has 0 radical (unpaired) electrons. The fourth-order valence-electron chi connectivity index (χ4n) is 5.26. The van der Waals surface area contributed by atoms with E-state index >= 15 is 0 Å². The molecule has 31 heavy (non-hydrogen) atoms. The van der Waals surface area contributed by atoms with Gasteiger partial charge in [-0.25, -0.2) is 4.79 Å². The van der Waals surface area contributed by atoms with Crippen LogP contribution >= 0.6 is 0 Å². The summed E-state index contributed by atoms with van der Waals surface area (Å²) in [5.74, 6) is -0.0273. The highest BCUT2D eigenvalue weighted by Gasteiger charge is 2.54. The number of rotatable bonds is 5. The molecule has 4 rings (SSSR count). The number of nitrogens with zero attached hydrogens (tertiary/aromatic N) is 3. The van der Waals surface area contributed by atoms with Gasteiger partial charge in [0.2, 0.25) is 5.91 Å². The van der Waals surface area contributed by atoms with Crippen molar-refractivity contribution in [2.75, 3.05) is 32.7 Å². The monoisotopic (exact) mass is 426 g/mol. The number of aryl methyl sites for hydroxylation is 1. The molecule has 0 unspecified atom stereocenters. The van der Waals surface area contributed by atoms with E-state index in [1.54, 1.807) is 0 Å². The summed E-state index contributed by atoms with van der Waals surface area (Å²) >= 11 is 0. The van der Waals surface area contributed by atoms with Gasteiger partial charge in [-0.1, -0.05) is 31.2 Å². The third kappa shape index (κ3) is 4.33. The number of urea groups is 1. The largest absolute Gasteiger partial charge is 0.340 e. The minimum atomic E-state index is -0.755. The highest BCUT2D eigenvalue weighted by molar-refractivity contribution is 6.07. The number of carbonyl (C=O) groups excluding carboxylic acids is 3. The molecule has 1 spiro atoms. The number of hydrogen-bond donors (Lipinski definition) is 1. The van der Waals surface area contributed by atoms with Gasteiger partial charge in [-0.15, -0.1) is 0 Å². The Kier molecular flexibility index (Phi) is 6.32. The van der Waals surface area contributed by atoms with Crippen molar-refractivity contribution >= 4 is 17.8 Å². The van der Waals surface area contributed by atoms with Gasteiger partial charge in [-0.3, -0.25) is 14.5 Å². The van der Waals surface area contributed by atoms with Gasteiger partial charge in [0.15, 0.2) is 0 Å². The van der Waals surface area contributed by atoms with E-state index in [1.165, 1.54) is 4.90 Å². The molecule has 3 saturated heterocycles. The van der Waals surface area contributed by atoms with Gasteiger partial charge in [0, 0.05) is 26.2 Å². The molecular weight excluding hydrogens is 392 g/mol. The first-order valence-corrected chi connectivity index (χ1v) is 11.6. The van der Waals surface area contributed by atoms with Crippen molar-refractivity contribution in [2.45, 2.75) is 64.0 Å². The smallest absolute Gasteiger partial charge is 0.325 e. The van der Waals surface area contributed by atoms with Crippen LogP contribution in [-0.2, 0) is 16.0 Å². The zero-order valence-corrected chi connectivity index (χ0v) is 18.7. The normalized spacial score (nSPS) is 24.0. The van der Waals surface area contributed by atoms with E-state index < -0.39 is 5.54 Å². The first-order chi connectivity index (χ1) is 14.9. The topological polar surface area (TPSA) is 73.0 Å². The first kappa shape index (κ1) is 21.8. The van der Waals surface area contributed by atoms with Gasteiger partial charge >= 0.3 is 6.03 Å². The fourth-order valence-corrected chi connectivity index (χ4v) is 5.26. The second-order valence-corrected chi connectivity index (χ2v) is 9.27. The van der Waals surface area contributed by atoms with E-state index in [0.29, 0.717) is 32.4 Å². The molecule has 0 aromatic heterocycles. The molecule has 7 heteroatoms. The molecule has 3 heterocycles. The Balaban J connectivity index is 1.41. The lowest BCUT2D eigenvalue weighted by Gasteiger charge is -2.39. The predicted octanol–water partition coefficient (Wildman–Crippen LogP) is 2.32. The predicted molar refractivity (Wildman–Crippen MR) is 119 cm³/mol. The van der Waals surface area contributed by atoms with Crippen molar-refractivity contribution in [3.63, 3.8) is 0 Å². The molecule has 7 nitrogen and oxygen atoms in total. The van der Waals surface area contributed by atoms with Crippen molar-refractivity contribution < 1.29 is 14.4 Å². The van der Waals surface area contributed by atoms with Crippen LogP contribution in [0.15, 0.2) is 24.3 Å². The number of piperidine rings is 2. The van der Waals surface area contributed by atoms with Crippen LogP contribution in [0.3, 0.4) is 0 Å². The lowest BCUT2D eigenvalue weighted by atomic mass is 9.87. The SMILES string of the molecule is CCCN1CCC2(CC1)NC(=O)N([C@@H]1CCCN(C(=O)Cc3ccccc3C)C1)C2=O. The zero-order valence-electron chi connectivity index (χ0n) is 18.7. The van der Waals surface area contributed by atoms with Crippen LogP contribution in [0.1, 0.15) is 50.2 Å². The minimum Gasteiger partial charge on any atom is -0.340 e. The number of imide groups is 1. The Morgan fingerprint density at radius 3 is 2.61 bits per heavy atom. The summed E-state index contributed by atoms with van der Waals surface area (Å²) < 4.78 is 0. The van der Waals surface area contributed by atoms with E-state index in [2.05, 4.69) is 17.1 Å². The molecule has 0 saturated carbocycles. The van der Waals surface area contributed by atoms with Crippen LogP contribution in [0.4, 0.5) is 4.79 Å². The molecule has 0 aliphatic carbocycles. The summed E-state index contributed by atoms with van der Waals surface area (Å²) in [7, 11) is 0. The average molecular weight is 427 g/mol. The Labute approximate surface area is 184 Å². The minimum absolute atomic E-state index is 0.0636. The maximum atomic E-state index is 13.4. The van der Waals surface area contributed by atoms with Gasteiger partial charge < -0.3 is 15.1 Å². The van der Waals surface area contributed by atoms with E-state index in [9.17, 15) is 14.4 Å². The molecule has 3 aliphatic rings. The number of likely N-dealkylation sites (tertiary alicyclic amines) is 2. The maximum Gasteiger partial charge on any atom is 0.325 e. The standard InChI is InChI=1S/C24H34N4O3/c1-3-12-26-14-10-24(11-15-26)22(30)28(23(31)25-24)20-9-6-13-27(17-20)21(29)16-19-8-5-4-7-18(19)2/h4-5,7-8,20H,3,6,9-17H2,1-2H3,(H,25,31)/t20-/m1/s1. The van der Waals surface area contributed by atoms with Gasteiger partial charge in [-0.2, -0.15) is 0 Å². The van der Waals surface area contributed by atoms with Gasteiger partial charge in [0.25, 0.3) is 5.91 Å². The maximum absolute atomic E-state index is 13.4. The highest BCUT2D eigenvalue weighted by atomic mass is 16.2. The summed E-state index contributed by atoms with van der Waals surface area (Å²) in [6.07, 6.45) is 4.34. The second-order valence-electron chi connectivity index (χ2n) is 9.27. The molecule has 1 atom stereocenters. The van der Waals surface area contributed by atoms with Crippen LogP contribution in [-0.4, -0.2) is 76.8 Å². The van der Waals surface area contributed by atoms with E-state index in [0.717, 1.165) is 50.0 Å². The third-order valence-corrected chi connectivity index (χ3v) is 7.16. The van der Waals surface area contributed by atoms with E-state index in [-0.39, 0.29) is 23.9 Å². The highest BCUT2D eigenvalue weighted by Crippen LogP contribution is 2.32. The molecule has 4 amide bonds. The molecule has 0 bridgehead atoms.